The van der Waals surface area contributed by atoms with Gasteiger partial charge in [-0.1, -0.05) is 121 Å². The Morgan fingerprint density at radius 1 is 0.382 bits per heavy atom. The second-order valence-corrected chi connectivity index (χ2v) is 10.0. The van der Waals surface area contributed by atoms with Crippen molar-refractivity contribution in [3.8, 4) is 33.4 Å². The molecule has 0 aromatic heterocycles. The van der Waals surface area contributed by atoms with Crippen molar-refractivity contribution in [1.82, 2.24) is 0 Å². The summed E-state index contributed by atoms with van der Waals surface area (Å²) in [6, 6.07) is 42.2. The average Bonchev–Trinajstić information content (AvgIpc) is 3.22. The maximum absolute atomic E-state index is 14.1. The molecule has 6 aromatic rings. The van der Waals surface area contributed by atoms with Gasteiger partial charge in [0.05, 0.1) is 20.6 Å². The summed E-state index contributed by atoms with van der Waals surface area (Å²) in [6.07, 6.45) is 0. The maximum Gasteiger partial charge on any atom is 0.0875 e. The van der Waals surface area contributed by atoms with Crippen LogP contribution in [0.15, 0.2) is 131 Å². The zero-order valence-corrected chi connectivity index (χ0v) is 19.2. The van der Waals surface area contributed by atoms with Crippen LogP contribution in [0.2, 0.25) is 0 Å². The quantitative estimate of drug-likeness (QED) is 0.240. The van der Waals surface area contributed by atoms with E-state index in [0.717, 1.165) is 42.8 Å². The van der Waals surface area contributed by atoms with Gasteiger partial charge < -0.3 is 0 Å². The summed E-state index contributed by atoms with van der Waals surface area (Å²) < 4.78 is 14.1. The zero-order chi connectivity index (χ0) is 22.6. The fraction of sp³-hybridized carbons (Fsp3) is 0. The zero-order valence-electron chi connectivity index (χ0n) is 18.4. The van der Waals surface area contributed by atoms with Gasteiger partial charge >= 0.3 is 0 Å². The Morgan fingerprint density at radius 2 is 0.912 bits per heavy atom. The van der Waals surface area contributed by atoms with Gasteiger partial charge in [0.15, 0.2) is 0 Å². The third-order valence-electron chi connectivity index (χ3n) is 6.84. The van der Waals surface area contributed by atoms with E-state index in [1.54, 1.807) is 0 Å². The molecule has 0 aliphatic carbocycles. The van der Waals surface area contributed by atoms with E-state index >= 15 is 0 Å². The van der Waals surface area contributed by atoms with Crippen LogP contribution in [0, 0.1) is 0 Å². The van der Waals surface area contributed by atoms with Crippen LogP contribution >= 0.6 is 0 Å². The third-order valence-corrected chi connectivity index (χ3v) is 8.45. The molecule has 0 N–H and O–H groups in total. The fourth-order valence-corrected chi connectivity index (χ4v) is 7.05. The lowest BCUT2D eigenvalue weighted by Crippen LogP contribution is -1.92. The van der Waals surface area contributed by atoms with Gasteiger partial charge in [0, 0.05) is 11.1 Å². The number of benzene rings is 6. The molecule has 0 fully saturated rings. The molecule has 1 nitrogen and oxygen atoms in total. The van der Waals surface area contributed by atoms with E-state index in [9.17, 15) is 4.21 Å². The molecule has 160 valence electrons. The molecule has 34 heavy (non-hydrogen) atoms. The number of fused-ring (bicyclic) bond motifs is 8. The van der Waals surface area contributed by atoms with E-state index in [2.05, 4.69) is 109 Å². The van der Waals surface area contributed by atoms with Gasteiger partial charge in [0.1, 0.15) is 0 Å². The number of hydrogen-bond donors (Lipinski definition) is 0. The summed E-state index contributed by atoms with van der Waals surface area (Å²) in [4.78, 5) is 1.86. The molecule has 1 aliphatic heterocycles. The van der Waals surface area contributed by atoms with Crippen LogP contribution in [0.3, 0.4) is 0 Å². The van der Waals surface area contributed by atoms with Gasteiger partial charge in [-0.15, -0.1) is 0 Å². The molecule has 0 spiro atoms. The molecular formula is C32H20OS. The maximum atomic E-state index is 14.1. The minimum Gasteiger partial charge on any atom is -0.249 e. The molecule has 6 aromatic carbocycles. The Hall–Kier alpha value is -4.01. The predicted octanol–water partition coefficient (Wildman–Crippen LogP) is 8.47. The second kappa shape index (κ2) is 7.51. The summed E-state index contributed by atoms with van der Waals surface area (Å²) in [6.45, 7) is 0. The van der Waals surface area contributed by atoms with Gasteiger partial charge in [0.25, 0.3) is 0 Å². The summed E-state index contributed by atoms with van der Waals surface area (Å²) in [5.41, 5.74) is 6.70. The van der Waals surface area contributed by atoms with Gasteiger partial charge in [-0.3, -0.25) is 0 Å². The summed E-state index contributed by atoms with van der Waals surface area (Å²) in [5, 5.41) is 4.61. The highest BCUT2D eigenvalue weighted by Gasteiger charge is 2.32. The lowest BCUT2D eigenvalue weighted by molar-refractivity contribution is 0.685. The first-order valence-corrected chi connectivity index (χ1v) is 12.6. The van der Waals surface area contributed by atoms with Crippen molar-refractivity contribution in [2.75, 3.05) is 0 Å². The van der Waals surface area contributed by atoms with Crippen LogP contribution in [0.5, 0.6) is 0 Å². The largest absolute Gasteiger partial charge is 0.249 e. The highest BCUT2D eigenvalue weighted by molar-refractivity contribution is 7.86. The van der Waals surface area contributed by atoms with Crippen molar-refractivity contribution >= 4 is 32.3 Å². The SMILES string of the molecule is O=S1c2c(-c3ccc(-c4ccccc4)cc3)cccc2-c2c1c1ccccc1c1ccccc21. The molecule has 0 saturated carbocycles. The smallest absolute Gasteiger partial charge is 0.0875 e. The number of rotatable bonds is 2. The predicted molar refractivity (Wildman–Crippen MR) is 142 cm³/mol. The Morgan fingerprint density at radius 3 is 1.65 bits per heavy atom. The van der Waals surface area contributed by atoms with E-state index in [0.29, 0.717) is 0 Å². The summed E-state index contributed by atoms with van der Waals surface area (Å²) >= 11 is 0. The third kappa shape index (κ3) is 2.76. The molecule has 7 rings (SSSR count). The van der Waals surface area contributed by atoms with Gasteiger partial charge in [0.2, 0.25) is 0 Å². The van der Waals surface area contributed by atoms with Crippen molar-refractivity contribution in [3.63, 3.8) is 0 Å². The first kappa shape index (κ1) is 19.5. The van der Waals surface area contributed by atoms with E-state index in [-0.39, 0.29) is 0 Å². The molecular weight excluding hydrogens is 432 g/mol. The van der Waals surface area contributed by atoms with Crippen molar-refractivity contribution in [3.05, 3.63) is 121 Å². The van der Waals surface area contributed by atoms with E-state index in [4.69, 9.17) is 0 Å². The first-order valence-electron chi connectivity index (χ1n) is 11.5. The van der Waals surface area contributed by atoms with Crippen molar-refractivity contribution in [2.45, 2.75) is 9.79 Å². The lowest BCUT2D eigenvalue weighted by Gasteiger charge is -2.11. The van der Waals surface area contributed by atoms with Gasteiger partial charge in [-0.2, -0.15) is 0 Å². The van der Waals surface area contributed by atoms with Crippen LogP contribution in [0.4, 0.5) is 0 Å². The van der Waals surface area contributed by atoms with E-state index < -0.39 is 10.8 Å². The van der Waals surface area contributed by atoms with Crippen molar-refractivity contribution in [1.29, 1.82) is 0 Å². The summed E-state index contributed by atoms with van der Waals surface area (Å²) in [5.74, 6) is 0. The molecule has 0 radical (unpaired) electrons. The monoisotopic (exact) mass is 452 g/mol. The minimum absolute atomic E-state index is 0.923. The van der Waals surface area contributed by atoms with Crippen LogP contribution < -0.4 is 0 Å². The first-order chi connectivity index (χ1) is 16.8. The lowest BCUT2D eigenvalue weighted by atomic mass is 9.91. The van der Waals surface area contributed by atoms with Gasteiger partial charge in [-0.25, -0.2) is 4.21 Å². The van der Waals surface area contributed by atoms with Crippen molar-refractivity contribution in [2.24, 2.45) is 0 Å². The number of hydrogen-bond acceptors (Lipinski definition) is 1. The van der Waals surface area contributed by atoms with Crippen LogP contribution in [-0.4, -0.2) is 4.21 Å². The van der Waals surface area contributed by atoms with E-state index in [1.165, 1.54) is 21.9 Å². The highest BCUT2D eigenvalue weighted by atomic mass is 32.2. The molecule has 1 heterocycles. The Bertz CT molecular complexity index is 1750. The highest BCUT2D eigenvalue weighted by Crippen LogP contribution is 2.51. The van der Waals surface area contributed by atoms with Gasteiger partial charge in [-0.05, 0) is 43.8 Å². The molecule has 0 bridgehead atoms. The van der Waals surface area contributed by atoms with E-state index in [1.807, 2.05) is 12.1 Å². The summed E-state index contributed by atoms with van der Waals surface area (Å²) in [7, 11) is -1.26. The van der Waals surface area contributed by atoms with Crippen molar-refractivity contribution < 1.29 is 4.21 Å². The Balaban J connectivity index is 1.47. The standard InChI is InChI=1S/C32H20OS/c33-34-31-24(23-19-17-22(18-20-23)21-9-2-1-3-10-21)15-8-16-29(31)30-27-13-6-4-11-25(27)26-12-5-7-14-28(26)32(30)34/h1-20H. The molecule has 0 amide bonds. The second-order valence-electron chi connectivity index (χ2n) is 8.69. The fourth-order valence-electron chi connectivity index (χ4n) is 5.30. The van der Waals surface area contributed by atoms with Crippen LogP contribution in [-0.2, 0) is 10.8 Å². The minimum atomic E-state index is -1.26. The molecule has 0 saturated heterocycles. The molecule has 1 unspecified atom stereocenters. The van der Waals surface area contributed by atoms with Crippen LogP contribution in [0.1, 0.15) is 0 Å². The normalized spacial score (nSPS) is 14.3. The van der Waals surface area contributed by atoms with Crippen LogP contribution in [0.25, 0.3) is 54.9 Å². The molecule has 1 aliphatic rings. The molecule has 2 heteroatoms. The Kier molecular flexibility index (Phi) is 4.30. The average molecular weight is 453 g/mol. The topological polar surface area (TPSA) is 17.1 Å². The Labute approximate surface area is 200 Å². The molecule has 1 atom stereocenters.